The molecule has 0 bridgehead atoms. The maximum Gasteiger partial charge on any atom is 0.185 e. The van der Waals surface area contributed by atoms with Gasteiger partial charge in [0.15, 0.2) is 5.12 Å². The summed E-state index contributed by atoms with van der Waals surface area (Å²) in [5.41, 5.74) is 0.0883. The molecule has 0 saturated carbocycles. The van der Waals surface area contributed by atoms with Crippen LogP contribution in [0, 0.1) is 5.82 Å². The Morgan fingerprint density at radius 1 is 1.59 bits per heavy atom. The zero-order valence-electron chi connectivity index (χ0n) is 9.34. The predicted molar refractivity (Wildman–Crippen MR) is 62.9 cm³/mol. The number of nitrogens with zero attached hydrogens (tertiary/aromatic N) is 1. The van der Waals surface area contributed by atoms with E-state index in [9.17, 15) is 19.4 Å². The molecule has 0 amide bonds. The molecule has 0 radical (unpaired) electrons. The van der Waals surface area contributed by atoms with E-state index in [1.807, 2.05) is 0 Å². The Morgan fingerprint density at radius 3 is 2.88 bits per heavy atom. The van der Waals surface area contributed by atoms with Crippen LogP contribution in [0.4, 0.5) is 4.39 Å². The van der Waals surface area contributed by atoms with Crippen molar-refractivity contribution in [1.29, 1.82) is 0 Å². The Labute approximate surface area is 103 Å². The normalized spacial score (nSPS) is 14.4. The molecule has 2 atom stereocenters. The number of aromatic nitrogens is 1. The van der Waals surface area contributed by atoms with E-state index in [-0.39, 0.29) is 17.2 Å². The number of carbonyl (C=O) groups excluding carboxylic acids is 1. The van der Waals surface area contributed by atoms with Crippen LogP contribution in [-0.2, 0) is 4.79 Å². The second-order valence-corrected chi connectivity index (χ2v) is 4.81. The van der Waals surface area contributed by atoms with Gasteiger partial charge < -0.3 is 10.2 Å². The molecule has 0 aliphatic rings. The highest BCUT2D eigenvalue weighted by molar-refractivity contribution is 8.13. The van der Waals surface area contributed by atoms with Crippen LogP contribution in [0.5, 0.6) is 0 Å². The van der Waals surface area contributed by atoms with E-state index in [4.69, 9.17) is 0 Å². The molecule has 1 aromatic heterocycles. The molecule has 17 heavy (non-hydrogen) atoms. The summed E-state index contributed by atoms with van der Waals surface area (Å²) in [7, 11) is 0. The SMILES string of the molecule is CC(=O)SCCC(O)C(O)c1cc(F)ccn1. The smallest absolute Gasteiger partial charge is 0.185 e. The van der Waals surface area contributed by atoms with Gasteiger partial charge in [-0.25, -0.2) is 4.39 Å². The molecule has 2 N–H and O–H groups in total. The van der Waals surface area contributed by atoms with Crippen LogP contribution in [0.3, 0.4) is 0 Å². The summed E-state index contributed by atoms with van der Waals surface area (Å²) in [6.07, 6.45) is -0.830. The van der Waals surface area contributed by atoms with E-state index in [1.165, 1.54) is 13.1 Å². The number of hydrogen-bond donors (Lipinski definition) is 2. The van der Waals surface area contributed by atoms with E-state index < -0.39 is 18.0 Å². The zero-order chi connectivity index (χ0) is 12.8. The summed E-state index contributed by atoms with van der Waals surface area (Å²) in [6.45, 7) is 1.43. The highest BCUT2D eigenvalue weighted by Gasteiger charge is 2.19. The number of thioether (sulfide) groups is 1. The monoisotopic (exact) mass is 259 g/mol. The fraction of sp³-hybridized carbons (Fsp3) is 0.455. The Kier molecular flexibility index (Phi) is 5.54. The summed E-state index contributed by atoms with van der Waals surface area (Å²) in [5, 5.41) is 19.3. The lowest BCUT2D eigenvalue weighted by molar-refractivity contribution is -0.109. The van der Waals surface area contributed by atoms with Crippen molar-refractivity contribution in [1.82, 2.24) is 4.98 Å². The van der Waals surface area contributed by atoms with Gasteiger partial charge in [-0.2, -0.15) is 0 Å². The van der Waals surface area contributed by atoms with E-state index in [0.717, 1.165) is 23.9 Å². The topological polar surface area (TPSA) is 70.4 Å². The van der Waals surface area contributed by atoms with Crippen molar-refractivity contribution in [2.24, 2.45) is 0 Å². The Hall–Kier alpha value is -0.980. The molecule has 2 unspecified atom stereocenters. The average Bonchev–Trinajstić information content (AvgIpc) is 2.27. The number of rotatable bonds is 5. The number of carbonyl (C=O) groups is 1. The first-order valence-electron chi connectivity index (χ1n) is 5.11. The number of halogens is 1. The molecule has 6 heteroatoms. The van der Waals surface area contributed by atoms with Crippen LogP contribution in [0.15, 0.2) is 18.3 Å². The van der Waals surface area contributed by atoms with E-state index in [0.29, 0.717) is 5.75 Å². The highest BCUT2D eigenvalue weighted by atomic mass is 32.2. The summed E-state index contributed by atoms with van der Waals surface area (Å²) < 4.78 is 12.9. The second-order valence-electron chi connectivity index (χ2n) is 3.54. The number of pyridine rings is 1. The number of aliphatic hydroxyl groups is 2. The minimum atomic E-state index is -1.24. The average molecular weight is 259 g/mol. The molecule has 0 spiro atoms. The Balaban J connectivity index is 2.51. The van der Waals surface area contributed by atoms with Gasteiger partial charge in [0.05, 0.1) is 11.8 Å². The number of aliphatic hydroxyl groups excluding tert-OH is 2. The van der Waals surface area contributed by atoms with Crippen LogP contribution in [0.2, 0.25) is 0 Å². The molecule has 0 aliphatic heterocycles. The third kappa shape index (κ3) is 4.80. The van der Waals surface area contributed by atoms with Gasteiger partial charge in [-0.1, -0.05) is 11.8 Å². The molecular weight excluding hydrogens is 245 g/mol. The fourth-order valence-electron chi connectivity index (χ4n) is 1.26. The third-order valence-electron chi connectivity index (χ3n) is 2.13. The molecule has 0 fully saturated rings. The Morgan fingerprint density at radius 2 is 2.29 bits per heavy atom. The molecule has 0 saturated heterocycles. The molecule has 0 aliphatic carbocycles. The third-order valence-corrected chi connectivity index (χ3v) is 2.98. The molecule has 4 nitrogen and oxygen atoms in total. The van der Waals surface area contributed by atoms with Crippen LogP contribution >= 0.6 is 11.8 Å². The van der Waals surface area contributed by atoms with E-state index in [2.05, 4.69) is 4.98 Å². The van der Waals surface area contributed by atoms with Gasteiger partial charge in [-0.05, 0) is 18.6 Å². The summed E-state index contributed by atoms with van der Waals surface area (Å²) in [5.74, 6) is -0.109. The van der Waals surface area contributed by atoms with Gasteiger partial charge in [-0.3, -0.25) is 9.78 Å². The summed E-state index contributed by atoms with van der Waals surface area (Å²) in [4.78, 5) is 14.4. The van der Waals surface area contributed by atoms with Crippen LogP contribution < -0.4 is 0 Å². The van der Waals surface area contributed by atoms with Gasteiger partial charge in [0, 0.05) is 18.9 Å². The molecule has 1 heterocycles. The predicted octanol–water partition coefficient (Wildman–Crippen LogP) is 1.28. The molecule has 94 valence electrons. The first-order chi connectivity index (χ1) is 8.00. The minimum Gasteiger partial charge on any atom is -0.390 e. The van der Waals surface area contributed by atoms with E-state index >= 15 is 0 Å². The van der Waals surface area contributed by atoms with Gasteiger partial charge in [0.25, 0.3) is 0 Å². The first kappa shape index (κ1) is 14.1. The van der Waals surface area contributed by atoms with Crippen molar-refractivity contribution >= 4 is 16.9 Å². The number of hydrogen-bond acceptors (Lipinski definition) is 5. The first-order valence-corrected chi connectivity index (χ1v) is 6.10. The maximum absolute atomic E-state index is 12.9. The second kappa shape index (κ2) is 6.68. The van der Waals surface area contributed by atoms with Crippen LogP contribution in [0.25, 0.3) is 0 Å². The quantitative estimate of drug-likeness (QED) is 0.833. The summed E-state index contributed by atoms with van der Waals surface area (Å²) >= 11 is 1.07. The van der Waals surface area contributed by atoms with Crippen molar-refractivity contribution < 1.29 is 19.4 Å². The summed E-state index contributed by atoms with van der Waals surface area (Å²) in [6, 6.07) is 2.24. The molecule has 1 aromatic rings. The fourth-order valence-corrected chi connectivity index (χ4v) is 1.91. The Bertz CT molecular complexity index is 389. The maximum atomic E-state index is 12.9. The highest BCUT2D eigenvalue weighted by Crippen LogP contribution is 2.19. The van der Waals surface area contributed by atoms with Crippen molar-refractivity contribution in [2.75, 3.05) is 5.75 Å². The lowest BCUT2D eigenvalue weighted by Crippen LogP contribution is -2.20. The molecule has 1 rings (SSSR count). The molecular formula is C11H14FNO3S. The minimum absolute atomic E-state index is 0.0458. The van der Waals surface area contributed by atoms with Crippen molar-refractivity contribution in [3.8, 4) is 0 Å². The standard InChI is InChI=1S/C11H14FNO3S/c1-7(14)17-5-3-10(15)11(16)9-6-8(12)2-4-13-9/h2,4,6,10-11,15-16H,3,5H2,1H3. The van der Waals surface area contributed by atoms with Crippen LogP contribution in [-0.4, -0.2) is 32.2 Å². The van der Waals surface area contributed by atoms with Crippen LogP contribution in [0.1, 0.15) is 25.1 Å². The lowest BCUT2D eigenvalue weighted by Gasteiger charge is -2.16. The van der Waals surface area contributed by atoms with Crippen molar-refractivity contribution in [2.45, 2.75) is 25.6 Å². The van der Waals surface area contributed by atoms with Gasteiger partial charge in [0.2, 0.25) is 0 Å². The van der Waals surface area contributed by atoms with Gasteiger partial charge in [0.1, 0.15) is 11.9 Å². The van der Waals surface area contributed by atoms with Gasteiger partial charge >= 0.3 is 0 Å². The van der Waals surface area contributed by atoms with E-state index in [1.54, 1.807) is 0 Å². The largest absolute Gasteiger partial charge is 0.390 e. The van der Waals surface area contributed by atoms with Crippen molar-refractivity contribution in [3.63, 3.8) is 0 Å². The van der Waals surface area contributed by atoms with Gasteiger partial charge in [-0.15, -0.1) is 0 Å². The van der Waals surface area contributed by atoms with Crippen molar-refractivity contribution in [3.05, 3.63) is 29.8 Å². The lowest BCUT2D eigenvalue weighted by atomic mass is 10.1. The zero-order valence-corrected chi connectivity index (χ0v) is 10.2. The molecule has 0 aromatic carbocycles.